The molecule has 0 saturated carbocycles. The third kappa shape index (κ3) is 4.99. The molecule has 108 valence electrons. The van der Waals surface area contributed by atoms with Crippen molar-refractivity contribution in [3.8, 4) is 0 Å². The molecule has 0 aliphatic rings. The van der Waals surface area contributed by atoms with Gasteiger partial charge in [-0.2, -0.15) is 0 Å². The Hall–Kier alpha value is -1.41. The minimum Gasteiger partial charge on any atom is -0.396 e. The number of hydrogen-bond donors (Lipinski definition) is 2. The molecule has 0 aromatic heterocycles. The lowest BCUT2D eigenvalue weighted by Gasteiger charge is -2.12. The van der Waals surface area contributed by atoms with Crippen molar-refractivity contribution in [3.05, 3.63) is 18.2 Å². The summed E-state index contributed by atoms with van der Waals surface area (Å²) in [5.41, 5.74) is 6.27. The van der Waals surface area contributed by atoms with Gasteiger partial charge in [-0.05, 0) is 12.1 Å². The first kappa shape index (κ1) is 15.6. The van der Waals surface area contributed by atoms with E-state index in [1.165, 1.54) is 6.07 Å². The number of nitrogen functional groups attached to an aromatic ring is 1. The summed E-state index contributed by atoms with van der Waals surface area (Å²) < 4.78 is 51.2. The molecule has 0 spiro atoms. The van der Waals surface area contributed by atoms with Crippen LogP contribution in [-0.4, -0.2) is 40.9 Å². The zero-order valence-corrected chi connectivity index (χ0v) is 11.2. The summed E-state index contributed by atoms with van der Waals surface area (Å²) in [6.07, 6.45) is -1.44. The summed E-state index contributed by atoms with van der Waals surface area (Å²) in [6, 6.07) is 4.56. The van der Waals surface area contributed by atoms with Crippen molar-refractivity contribution in [2.45, 2.75) is 11.3 Å². The van der Waals surface area contributed by atoms with Gasteiger partial charge in [-0.1, -0.05) is 6.07 Å². The Morgan fingerprint density at radius 1 is 1.42 bits per heavy atom. The fraction of sp³-hybridized carbons (Fsp3) is 0.455. The number of rotatable bonds is 7. The maximum Gasteiger partial charge on any atom is 0.261 e. The molecule has 0 aliphatic carbocycles. The van der Waals surface area contributed by atoms with E-state index in [1.807, 2.05) is 0 Å². The van der Waals surface area contributed by atoms with Crippen LogP contribution >= 0.6 is 0 Å². The lowest BCUT2D eigenvalue weighted by atomic mass is 10.2. The number of para-hydroxylation sites is 1. The number of alkyl halides is 2. The van der Waals surface area contributed by atoms with Gasteiger partial charge in [0.05, 0.1) is 22.9 Å². The molecule has 3 N–H and O–H groups in total. The predicted molar refractivity (Wildman–Crippen MR) is 69.3 cm³/mol. The Balaban J connectivity index is 2.60. The smallest absolute Gasteiger partial charge is 0.261 e. The molecule has 1 aromatic carbocycles. The molecule has 5 nitrogen and oxygen atoms in total. The first-order valence-electron chi connectivity index (χ1n) is 5.50. The van der Waals surface area contributed by atoms with Gasteiger partial charge in [-0.15, -0.1) is 0 Å². The Labute approximate surface area is 110 Å². The van der Waals surface area contributed by atoms with Crippen LogP contribution in [0.25, 0.3) is 0 Å². The second kappa shape index (κ2) is 6.67. The third-order valence-electron chi connectivity index (χ3n) is 2.27. The largest absolute Gasteiger partial charge is 0.396 e. The topological polar surface area (TPSA) is 81.4 Å². The minimum atomic E-state index is -3.40. The number of halogens is 2. The van der Waals surface area contributed by atoms with E-state index in [9.17, 15) is 17.2 Å². The average Bonchev–Trinajstić information content (AvgIpc) is 2.28. The van der Waals surface area contributed by atoms with E-state index in [1.54, 1.807) is 12.1 Å². The highest BCUT2D eigenvalue weighted by atomic mass is 32.2. The van der Waals surface area contributed by atoms with Crippen LogP contribution in [0.5, 0.6) is 0 Å². The molecule has 0 aliphatic heterocycles. The molecule has 0 radical (unpaired) electrons. The summed E-state index contributed by atoms with van der Waals surface area (Å²) >= 11 is 0. The quantitative estimate of drug-likeness (QED) is 0.586. The van der Waals surface area contributed by atoms with Crippen molar-refractivity contribution in [2.75, 3.05) is 37.1 Å². The molecule has 8 heteroatoms. The predicted octanol–water partition coefficient (Wildman–Crippen LogP) is 1.37. The SMILES string of the molecule is CS(=O)(=O)c1cccc(NCCOCC(F)F)c1N. The lowest BCUT2D eigenvalue weighted by molar-refractivity contribution is 0.0215. The monoisotopic (exact) mass is 294 g/mol. The molecule has 0 bridgehead atoms. The van der Waals surface area contributed by atoms with Gasteiger partial charge in [0.2, 0.25) is 0 Å². The number of ether oxygens (including phenoxy) is 1. The Morgan fingerprint density at radius 2 is 2.11 bits per heavy atom. The molecule has 0 unspecified atom stereocenters. The van der Waals surface area contributed by atoms with Gasteiger partial charge in [0.1, 0.15) is 6.61 Å². The first-order chi connectivity index (χ1) is 8.82. The second-order valence-electron chi connectivity index (χ2n) is 3.88. The van der Waals surface area contributed by atoms with Crippen molar-refractivity contribution in [1.29, 1.82) is 0 Å². The Bertz CT molecular complexity index is 521. The fourth-order valence-corrected chi connectivity index (χ4v) is 2.29. The van der Waals surface area contributed by atoms with Crippen molar-refractivity contribution < 1.29 is 21.9 Å². The van der Waals surface area contributed by atoms with E-state index >= 15 is 0 Å². The van der Waals surface area contributed by atoms with Crippen molar-refractivity contribution in [1.82, 2.24) is 0 Å². The van der Waals surface area contributed by atoms with Crippen LogP contribution < -0.4 is 11.1 Å². The van der Waals surface area contributed by atoms with Gasteiger partial charge in [-0.3, -0.25) is 0 Å². The highest BCUT2D eigenvalue weighted by Crippen LogP contribution is 2.26. The summed E-state index contributed by atoms with van der Waals surface area (Å²) in [5.74, 6) is 0. The number of nitrogens with two attached hydrogens (primary N) is 1. The third-order valence-corrected chi connectivity index (χ3v) is 3.43. The normalized spacial score (nSPS) is 11.8. The minimum absolute atomic E-state index is 0.0333. The average molecular weight is 294 g/mol. The molecule has 0 amide bonds. The second-order valence-corrected chi connectivity index (χ2v) is 5.87. The van der Waals surface area contributed by atoms with Crippen LogP contribution in [0.3, 0.4) is 0 Å². The summed E-state index contributed by atoms with van der Waals surface area (Å²) in [5, 5.41) is 2.84. The highest BCUT2D eigenvalue weighted by Gasteiger charge is 2.13. The number of hydrogen-bond acceptors (Lipinski definition) is 5. The molecular weight excluding hydrogens is 278 g/mol. The molecule has 0 fully saturated rings. The zero-order valence-electron chi connectivity index (χ0n) is 10.4. The Kier molecular flexibility index (Phi) is 5.49. The molecule has 0 saturated heterocycles. The number of anilines is 2. The first-order valence-corrected chi connectivity index (χ1v) is 7.40. The fourth-order valence-electron chi connectivity index (χ4n) is 1.45. The molecule has 0 atom stereocenters. The van der Waals surface area contributed by atoms with E-state index in [2.05, 4.69) is 10.1 Å². The molecule has 19 heavy (non-hydrogen) atoms. The van der Waals surface area contributed by atoms with E-state index in [0.717, 1.165) is 6.26 Å². The standard InChI is InChI=1S/C11H16F2N2O3S/c1-19(16,17)9-4-2-3-8(11(9)14)15-5-6-18-7-10(12)13/h2-4,10,15H,5-7,14H2,1H3. The van der Waals surface area contributed by atoms with Gasteiger partial charge in [0.15, 0.2) is 9.84 Å². The van der Waals surface area contributed by atoms with Gasteiger partial charge < -0.3 is 15.8 Å². The van der Waals surface area contributed by atoms with Crippen LogP contribution in [0.2, 0.25) is 0 Å². The van der Waals surface area contributed by atoms with Crippen LogP contribution in [0, 0.1) is 0 Å². The maximum atomic E-state index is 11.8. The number of nitrogens with one attached hydrogen (secondary N) is 1. The van der Waals surface area contributed by atoms with Crippen LogP contribution in [0.1, 0.15) is 0 Å². The number of benzene rings is 1. The summed E-state index contributed by atoms with van der Waals surface area (Å²) in [6.45, 7) is -0.294. The van der Waals surface area contributed by atoms with Crippen molar-refractivity contribution in [3.63, 3.8) is 0 Å². The molecular formula is C11H16F2N2O3S. The molecule has 1 aromatic rings. The van der Waals surface area contributed by atoms with E-state index in [0.29, 0.717) is 5.69 Å². The number of sulfone groups is 1. The van der Waals surface area contributed by atoms with Crippen LogP contribution in [0.15, 0.2) is 23.1 Å². The van der Waals surface area contributed by atoms with Crippen LogP contribution in [-0.2, 0) is 14.6 Å². The summed E-state index contributed by atoms with van der Waals surface area (Å²) in [4.78, 5) is 0.0333. The zero-order chi connectivity index (χ0) is 14.5. The van der Waals surface area contributed by atoms with Gasteiger partial charge in [-0.25, -0.2) is 17.2 Å². The maximum absolute atomic E-state index is 11.8. The van der Waals surface area contributed by atoms with Gasteiger partial charge in [0, 0.05) is 12.8 Å². The van der Waals surface area contributed by atoms with Crippen LogP contribution in [0.4, 0.5) is 20.2 Å². The van der Waals surface area contributed by atoms with Crippen molar-refractivity contribution in [2.24, 2.45) is 0 Å². The Morgan fingerprint density at radius 3 is 2.68 bits per heavy atom. The van der Waals surface area contributed by atoms with Gasteiger partial charge >= 0.3 is 0 Å². The molecule has 0 heterocycles. The van der Waals surface area contributed by atoms with E-state index < -0.39 is 22.9 Å². The molecule has 1 rings (SSSR count). The summed E-state index contributed by atoms with van der Waals surface area (Å²) in [7, 11) is -3.40. The highest BCUT2D eigenvalue weighted by molar-refractivity contribution is 7.90. The van der Waals surface area contributed by atoms with E-state index in [4.69, 9.17) is 5.73 Å². The van der Waals surface area contributed by atoms with Crippen molar-refractivity contribution >= 4 is 21.2 Å². The lowest BCUT2D eigenvalue weighted by Crippen LogP contribution is -2.14. The van der Waals surface area contributed by atoms with E-state index in [-0.39, 0.29) is 23.7 Å². The van der Waals surface area contributed by atoms with Gasteiger partial charge in [0.25, 0.3) is 6.43 Å².